The Hall–Kier alpha value is -2.89. The lowest BCUT2D eigenvalue weighted by Gasteiger charge is -2.08. The van der Waals surface area contributed by atoms with Gasteiger partial charge in [-0.15, -0.1) is 0 Å². The first-order valence-corrected chi connectivity index (χ1v) is 8.22. The molecule has 3 amide bonds. The van der Waals surface area contributed by atoms with Crippen molar-refractivity contribution in [2.24, 2.45) is 0 Å². The smallest absolute Gasteiger partial charge is 0.315 e. The van der Waals surface area contributed by atoms with Gasteiger partial charge in [0.25, 0.3) is 0 Å². The SMILES string of the molecule is O=C(CNC(=O)NCc1ccc(F)cc1)N[C@H]1C[C@H]1c1ccccc1. The molecule has 1 aliphatic rings. The molecule has 2 aromatic rings. The minimum Gasteiger partial charge on any atom is -0.351 e. The lowest BCUT2D eigenvalue weighted by molar-refractivity contribution is -0.120. The van der Waals surface area contributed by atoms with Gasteiger partial charge in [-0.05, 0) is 29.7 Å². The fourth-order valence-electron chi connectivity index (χ4n) is 2.69. The second-order valence-electron chi connectivity index (χ2n) is 6.09. The molecule has 1 fully saturated rings. The van der Waals surface area contributed by atoms with Crippen molar-refractivity contribution in [3.63, 3.8) is 0 Å². The first-order valence-electron chi connectivity index (χ1n) is 8.22. The van der Waals surface area contributed by atoms with Gasteiger partial charge in [0.15, 0.2) is 0 Å². The molecule has 130 valence electrons. The Balaban J connectivity index is 1.34. The highest BCUT2D eigenvalue weighted by Crippen LogP contribution is 2.40. The number of rotatable bonds is 6. The van der Waals surface area contributed by atoms with Crippen LogP contribution in [-0.2, 0) is 11.3 Å². The van der Waals surface area contributed by atoms with Crippen molar-refractivity contribution in [2.75, 3.05) is 6.54 Å². The minimum atomic E-state index is -0.435. The van der Waals surface area contributed by atoms with Crippen molar-refractivity contribution < 1.29 is 14.0 Å². The van der Waals surface area contributed by atoms with E-state index in [2.05, 4.69) is 28.1 Å². The number of hydrogen-bond donors (Lipinski definition) is 3. The molecule has 25 heavy (non-hydrogen) atoms. The van der Waals surface area contributed by atoms with E-state index in [0.29, 0.717) is 5.92 Å². The van der Waals surface area contributed by atoms with Crippen molar-refractivity contribution >= 4 is 11.9 Å². The third-order valence-corrected chi connectivity index (χ3v) is 4.14. The maximum Gasteiger partial charge on any atom is 0.315 e. The molecule has 1 saturated carbocycles. The molecule has 0 saturated heterocycles. The lowest BCUT2D eigenvalue weighted by atomic mass is 10.1. The standard InChI is InChI=1S/C19H20FN3O2/c20-15-8-6-13(7-9-15)11-21-19(25)22-12-18(24)23-17-10-16(17)14-4-2-1-3-5-14/h1-9,16-17H,10-12H2,(H,23,24)(H2,21,22,25)/t16-,17-/m0/s1. The van der Waals surface area contributed by atoms with Crippen molar-refractivity contribution in [3.05, 3.63) is 71.5 Å². The van der Waals surface area contributed by atoms with Crippen LogP contribution in [-0.4, -0.2) is 24.5 Å². The van der Waals surface area contributed by atoms with Gasteiger partial charge in [0.2, 0.25) is 5.91 Å². The molecule has 0 aliphatic heterocycles. The van der Waals surface area contributed by atoms with Crippen LogP contribution in [0.5, 0.6) is 0 Å². The van der Waals surface area contributed by atoms with E-state index in [-0.39, 0.29) is 30.9 Å². The Labute approximate surface area is 145 Å². The zero-order chi connectivity index (χ0) is 17.6. The fraction of sp³-hybridized carbons (Fsp3) is 0.263. The van der Waals surface area contributed by atoms with Gasteiger partial charge in [0.05, 0.1) is 6.54 Å². The lowest BCUT2D eigenvalue weighted by Crippen LogP contribution is -2.42. The van der Waals surface area contributed by atoms with Gasteiger partial charge in [-0.25, -0.2) is 9.18 Å². The summed E-state index contributed by atoms with van der Waals surface area (Å²) in [6.07, 6.45) is 0.923. The van der Waals surface area contributed by atoms with E-state index < -0.39 is 6.03 Å². The molecule has 0 unspecified atom stereocenters. The number of amides is 3. The zero-order valence-electron chi connectivity index (χ0n) is 13.7. The van der Waals surface area contributed by atoms with Crippen LogP contribution in [0.15, 0.2) is 54.6 Å². The van der Waals surface area contributed by atoms with Crippen molar-refractivity contribution in [1.82, 2.24) is 16.0 Å². The molecule has 0 bridgehead atoms. The number of carbonyl (C=O) groups is 2. The van der Waals surface area contributed by atoms with Gasteiger partial charge in [-0.2, -0.15) is 0 Å². The molecule has 1 aliphatic carbocycles. The summed E-state index contributed by atoms with van der Waals surface area (Å²) >= 11 is 0. The number of carbonyl (C=O) groups excluding carboxylic acids is 2. The van der Waals surface area contributed by atoms with Crippen LogP contribution in [0, 0.1) is 5.82 Å². The van der Waals surface area contributed by atoms with E-state index in [0.717, 1.165) is 12.0 Å². The van der Waals surface area contributed by atoms with Crippen LogP contribution in [0.1, 0.15) is 23.5 Å². The first-order chi connectivity index (χ1) is 12.1. The Morgan fingerprint density at radius 3 is 2.44 bits per heavy atom. The molecule has 0 radical (unpaired) electrons. The van der Waals surface area contributed by atoms with Crippen LogP contribution in [0.4, 0.5) is 9.18 Å². The summed E-state index contributed by atoms with van der Waals surface area (Å²) < 4.78 is 12.8. The summed E-state index contributed by atoms with van der Waals surface area (Å²) in [6, 6.07) is 15.6. The molecule has 0 aromatic heterocycles. The van der Waals surface area contributed by atoms with Crippen molar-refractivity contribution in [3.8, 4) is 0 Å². The van der Waals surface area contributed by atoms with E-state index in [1.54, 1.807) is 12.1 Å². The van der Waals surface area contributed by atoms with Gasteiger partial charge in [0.1, 0.15) is 5.82 Å². The summed E-state index contributed by atoms with van der Waals surface area (Å²) in [5, 5.41) is 8.06. The van der Waals surface area contributed by atoms with Crippen LogP contribution in [0.3, 0.4) is 0 Å². The van der Waals surface area contributed by atoms with Crippen molar-refractivity contribution in [2.45, 2.75) is 24.9 Å². The Morgan fingerprint density at radius 1 is 1.00 bits per heavy atom. The quantitative estimate of drug-likeness (QED) is 0.754. The topological polar surface area (TPSA) is 70.2 Å². The number of benzene rings is 2. The monoisotopic (exact) mass is 341 g/mol. The predicted molar refractivity (Wildman–Crippen MR) is 92.4 cm³/mol. The summed E-state index contributed by atoms with van der Waals surface area (Å²) in [6.45, 7) is 0.194. The molecule has 3 rings (SSSR count). The average Bonchev–Trinajstić information content (AvgIpc) is 3.39. The average molecular weight is 341 g/mol. The molecule has 2 atom stereocenters. The van der Waals surface area contributed by atoms with Crippen LogP contribution in [0.2, 0.25) is 0 Å². The van der Waals surface area contributed by atoms with Crippen LogP contribution < -0.4 is 16.0 Å². The second kappa shape index (κ2) is 7.79. The summed E-state index contributed by atoms with van der Waals surface area (Å²) in [4.78, 5) is 23.6. The fourth-order valence-corrected chi connectivity index (χ4v) is 2.69. The first kappa shape index (κ1) is 17.0. The van der Waals surface area contributed by atoms with Crippen LogP contribution >= 0.6 is 0 Å². The van der Waals surface area contributed by atoms with Gasteiger partial charge < -0.3 is 16.0 Å². The van der Waals surface area contributed by atoms with Crippen molar-refractivity contribution in [1.29, 1.82) is 0 Å². The van der Waals surface area contributed by atoms with Gasteiger partial charge >= 0.3 is 6.03 Å². The number of urea groups is 1. The zero-order valence-corrected chi connectivity index (χ0v) is 13.7. The molecule has 3 N–H and O–H groups in total. The van der Waals surface area contributed by atoms with E-state index in [9.17, 15) is 14.0 Å². The van der Waals surface area contributed by atoms with E-state index in [4.69, 9.17) is 0 Å². The van der Waals surface area contributed by atoms with E-state index in [1.165, 1.54) is 17.7 Å². The highest BCUT2D eigenvalue weighted by atomic mass is 19.1. The third-order valence-electron chi connectivity index (χ3n) is 4.14. The number of hydrogen-bond acceptors (Lipinski definition) is 2. The third kappa shape index (κ3) is 5.04. The van der Waals surface area contributed by atoms with Gasteiger partial charge in [-0.1, -0.05) is 42.5 Å². The Bertz CT molecular complexity index is 734. The van der Waals surface area contributed by atoms with Gasteiger partial charge in [0, 0.05) is 18.5 Å². The molecule has 5 nitrogen and oxygen atoms in total. The minimum absolute atomic E-state index is 0.0761. The summed E-state index contributed by atoms with van der Waals surface area (Å²) in [5.41, 5.74) is 2.00. The molecule has 2 aromatic carbocycles. The molecule has 6 heteroatoms. The summed E-state index contributed by atoms with van der Waals surface area (Å²) in [5.74, 6) is -0.170. The number of nitrogens with one attached hydrogen (secondary N) is 3. The number of halogens is 1. The maximum absolute atomic E-state index is 12.8. The Morgan fingerprint density at radius 2 is 1.72 bits per heavy atom. The predicted octanol–water partition coefficient (Wildman–Crippen LogP) is 2.30. The summed E-state index contributed by atoms with van der Waals surface area (Å²) in [7, 11) is 0. The molecular formula is C19H20FN3O2. The van der Waals surface area contributed by atoms with E-state index >= 15 is 0 Å². The Kier molecular flexibility index (Phi) is 5.28. The molecule has 0 heterocycles. The normalized spacial score (nSPS) is 18.3. The maximum atomic E-state index is 12.8. The van der Waals surface area contributed by atoms with Gasteiger partial charge in [-0.3, -0.25) is 4.79 Å². The largest absolute Gasteiger partial charge is 0.351 e. The second-order valence-corrected chi connectivity index (χ2v) is 6.09. The van der Waals surface area contributed by atoms with Crippen LogP contribution in [0.25, 0.3) is 0 Å². The molecular weight excluding hydrogens is 321 g/mol. The highest BCUT2D eigenvalue weighted by Gasteiger charge is 2.39. The highest BCUT2D eigenvalue weighted by molar-refractivity contribution is 5.84. The van der Waals surface area contributed by atoms with E-state index in [1.807, 2.05) is 18.2 Å². The molecule has 0 spiro atoms.